The molecule has 0 aliphatic rings. The minimum absolute atomic E-state index is 0.498. The molecular weight excluding hydrogens is 198 g/mol. The lowest BCUT2D eigenvalue weighted by Crippen LogP contribution is -1.95. The molecule has 2 rings (SSSR count). The number of ether oxygens (including phenoxy) is 1. The van der Waals surface area contributed by atoms with Crippen LogP contribution >= 0.6 is 0 Å². The van der Waals surface area contributed by atoms with E-state index in [-0.39, 0.29) is 0 Å². The first-order valence-electron chi connectivity index (χ1n) is 5.57. The molecule has 0 aliphatic heterocycles. The first-order chi connectivity index (χ1) is 7.63. The van der Waals surface area contributed by atoms with E-state index in [1.807, 2.05) is 19.1 Å². The molecule has 2 heteroatoms. The Hall–Kier alpha value is -1.57. The fourth-order valence-corrected chi connectivity index (χ4v) is 1.98. The predicted molar refractivity (Wildman–Crippen MR) is 67.1 cm³/mol. The van der Waals surface area contributed by atoms with Gasteiger partial charge >= 0.3 is 0 Å². The third kappa shape index (κ3) is 1.75. The molecule has 0 unspecified atom stereocenters. The molecule has 0 bridgehead atoms. The summed E-state index contributed by atoms with van der Waals surface area (Å²) in [5.41, 5.74) is 3.31. The second kappa shape index (κ2) is 4.12. The Morgan fingerprint density at radius 3 is 2.50 bits per heavy atom. The Bertz CT molecular complexity index is 517. The third-order valence-corrected chi connectivity index (χ3v) is 2.84. The monoisotopic (exact) mass is 215 g/mol. The van der Waals surface area contributed by atoms with Crippen molar-refractivity contribution >= 4 is 10.9 Å². The second-order valence-corrected chi connectivity index (χ2v) is 4.36. The molecule has 0 saturated carbocycles. The van der Waals surface area contributed by atoms with Crippen LogP contribution in [0.15, 0.2) is 24.3 Å². The number of hydrogen-bond acceptors (Lipinski definition) is 2. The van der Waals surface area contributed by atoms with E-state index in [2.05, 4.69) is 31.0 Å². The first-order valence-corrected chi connectivity index (χ1v) is 5.57. The maximum absolute atomic E-state index is 5.35. The normalized spacial score (nSPS) is 11.1. The summed E-state index contributed by atoms with van der Waals surface area (Å²) in [5, 5.41) is 1.19. The van der Waals surface area contributed by atoms with E-state index >= 15 is 0 Å². The van der Waals surface area contributed by atoms with Crippen molar-refractivity contribution < 1.29 is 4.74 Å². The molecule has 0 atom stereocenters. The summed E-state index contributed by atoms with van der Waals surface area (Å²) >= 11 is 0. The summed E-state index contributed by atoms with van der Waals surface area (Å²) in [6.07, 6.45) is 0. The van der Waals surface area contributed by atoms with Crippen LogP contribution in [-0.4, -0.2) is 12.1 Å². The summed E-state index contributed by atoms with van der Waals surface area (Å²) < 4.78 is 5.35. The van der Waals surface area contributed by atoms with Crippen LogP contribution in [0.3, 0.4) is 0 Å². The lowest BCUT2D eigenvalue weighted by atomic mass is 9.97. The number of pyridine rings is 1. The van der Waals surface area contributed by atoms with E-state index in [9.17, 15) is 0 Å². The highest BCUT2D eigenvalue weighted by Gasteiger charge is 2.10. The van der Waals surface area contributed by atoms with Gasteiger partial charge in [0.2, 0.25) is 0 Å². The van der Waals surface area contributed by atoms with Crippen LogP contribution in [0.5, 0.6) is 5.75 Å². The zero-order chi connectivity index (χ0) is 11.7. The van der Waals surface area contributed by atoms with E-state index in [0.717, 1.165) is 17.0 Å². The second-order valence-electron chi connectivity index (χ2n) is 4.36. The summed E-state index contributed by atoms with van der Waals surface area (Å²) in [4.78, 5) is 4.56. The van der Waals surface area contributed by atoms with Crippen LogP contribution in [0, 0.1) is 6.92 Å². The molecule has 0 radical (unpaired) electrons. The van der Waals surface area contributed by atoms with Crippen molar-refractivity contribution in [2.24, 2.45) is 0 Å². The van der Waals surface area contributed by atoms with Crippen molar-refractivity contribution in [3.8, 4) is 5.75 Å². The van der Waals surface area contributed by atoms with Gasteiger partial charge in [-0.2, -0.15) is 0 Å². The van der Waals surface area contributed by atoms with Gasteiger partial charge in [-0.25, -0.2) is 4.98 Å². The minimum atomic E-state index is 0.498. The van der Waals surface area contributed by atoms with Crippen molar-refractivity contribution in [2.75, 3.05) is 7.11 Å². The smallest absolute Gasteiger partial charge is 0.145 e. The highest BCUT2D eigenvalue weighted by Crippen LogP contribution is 2.30. The highest BCUT2D eigenvalue weighted by atomic mass is 16.5. The van der Waals surface area contributed by atoms with Gasteiger partial charge in [-0.15, -0.1) is 0 Å². The number of methoxy groups -OCH3 is 1. The molecule has 0 fully saturated rings. The van der Waals surface area contributed by atoms with E-state index in [4.69, 9.17) is 4.74 Å². The zero-order valence-electron chi connectivity index (χ0n) is 10.2. The van der Waals surface area contributed by atoms with Gasteiger partial charge in [-0.1, -0.05) is 26.0 Å². The molecule has 0 N–H and O–H groups in total. The van der Waals surface area contributed by atoms with Crippen molar-refractivity contribution in [2.45, 2.75) is 26.7 Å². The van der Waals surface area contributed by atoms with Crippen LogP contribution in [0.25, 0.3) is 10.9 Å². The van der Waals surface area contributed by atoms with Crippen LogP contribution in [0.2, 0.25) is 0 Å². The molecule has 0 aliphatic carbocycles. The van der Waals surface area contributed by atoms with Gasteiger partial charge in [0, 0.05) is 11.1 Å². The van der Waals surface area contributed by atoms with Crippen LogP contribution < -0.4 is 4.74 Å². The SMILES string of the molecule is COc1ccc(C(C)C)c2ccc(C)nc12. The van der Waals surface area contributed by atoms with Crippen LogP contribution in [0.1, 0.15) is 31.0 Å². The van der Waals surface area contributed by atoms with E-state index in [1.165, 1.54) is 10.9 Å². The topological polar surface area (TPSA) is 22.1 Å². The number of benzene rings is 1. The molecule has 16 heavy (non-hydrogen) atoms. The van der Waals surface area contributed by atoms with Crippen molar-refractivity contribution in [3.05, 3.63) is 35.5 Å². The molecule has 1 aromatic heterocycles. The Morgan fingerprint density at radius 1 is 1.12 bits per heavy atom. The highest BCUT2D eigenvalue weighted by molar-refractivity contribution is 5.88. The zero-order valence-corrected chi connectivity index (χ0v) is 10.2. The Balaban J connectivity index is 2.80. The van der Waals surface area contributed by atoms with Crippen LogP contribution in [-0.2, 0) is 0 Å². The van der Waals surface area contributed by atoms with Crippen molar-refractivity contribution in [1.82, 2.24) is 4.98 Å². The molecule has 1 aromatic carbocycles. The summed E-state index contributed by atoms with van der Waals surface area (Å²) in [6.45, 7) is 6.39. The molecule has 0 spiro atoms. The predicted octanol–water partition coefficient (Wildman–Crippen LogP) is 3.68. The number of rotatable bonds is 2. The Kier molecular flexibility index (Phi) is 2.82. The van der Waals surface area contributed by atoms with E-state index < -0.39 is 0 Å². The fraction of sp³-hybridized carbons (Fsp3) is 0.357. The quantitative estimate of drug-likeness (QED) is 0.762. The maximum atomic E-state index is 5.35. The van der Waals surface area contributed by atoms with Gasteiger partial charge in [-0.3, -0.25) is 0 Å². The average molecular weight is 215 g/mol. The number of aryl methyl sites for hydroxylation is 1. The third-order valence-electron chi connectivity index (χ3n) is 2.84. The van der Waals surface area contributed by atoms with Gasteiger partial charge in [0.25, 0.3) is 0 Å². The maximum Gasteiger partial charge on any atom is 0.145 e. The molecule has 0 amide bonds. The number of aromatic nitrogens is 1. The van der Waals surface area contributed by atoms with E-state index in [0.29, 0.717) is 5.92 Å². The Morgan fingerprint density at radius 2 is 1.88 bits per heavy atom. The van der Waals surface area contributed by atoms with Crippen molar-refractivity contribution in [3.63, 3.8) is 0 Å². The summed E-state index contributed by atoms with van der Waals surface area (Å²) in [6, 6.07) is 8.32. The average Bonchev–Trinajstić information content (AvgIpc) is 2.27. The number of fused-ring (bicyclic) bond motifs is 1. The van der Waals surface area contributed by atoms with Gasteiger partial charge in [-0.05, 0) is 30.5 Å². The van der Waals surface area contributed by atoms with Crippen molar-refractivity contribution in [1.29, 1.82) is 0 Å². The number of hydrogen-bond donors (Lipinski definition) is 0. The lowest BCUT2D eigenvalue weighted by Gasteiger charge is -2.12. The lowest BCUT2D eigenvalue weighted by molar-refractivity contribution is 0.418. The molecule has 84 valence electrons. The fourth-order valence-electron chi connectivity index (χ4n) is 1.98. The van der Waals surface area contributed by atoms with Crippen LogP contribution in [0.4, 0.5) is 0 Å². The molecular formula is C14H17NO. The molecule has 1 heterocycles. The number of nitrogens with zero attached hydrogens (tertiary/aromatic N) is 1. The minimum Gasteiger partial charge on any atom is -0.494 e. The van der Waals surface area contributed by atoms with Gasteiger partial charge in [0.05, 0.1) is 7.11 Å². The molecule has 0 saturated heterocycles. The van der Waals surface area contributed by atoms with Gasteiger partial charge < -0.3 is 4.74 Å². The largest absolute Gasteiger partial charge is 0.494 e. The molecule has 2 nitrogen and oxygen atoms in total. The van der Waals surface area contributed by atoms with Gasteiger partial charge in [0.1, 0.15) is 11.3 Å². The Labute approximate surface area is 96.3 Å². The summed E-state index contributed by atoms with van der Waals surface area (Å²) in [5.74, 6) is 1.35. The first kappa shape index (κ1) is 10.9. The van der Waals surface area contributed by atoms with E-state index in [1.54, 1.807) is 7.11 Å². The summed E-state index contributed by atoms with van der Waals surface area (Å²) in [7, 11) is 1.69. The molecule has 2 aromatic rings. The standard InChI is InChI=1S/C14H17NO/c1-9(2)11-7-8-13(16-4)14-12(11)6-5-10(3)15-14/h5-9H,1-4H3. The van der Waals surface area contributed by atoms with Gasteiger partial charge in [0.15, 0.2) is 0 Å².